The van der Waals surface area contributed by atoms with Crippen molar-refractivity contribution in [3.63, 3.8) is 0 Å². The van der Waals surface area contributed by atoms with Gasteiger partial charge in [0.1, 0.15) is 11.5 Å². The maximum atomic E-state index is 11.3. The third kappa shape index (κ3) is 5.49. The normalized spacial score (nSPS) is 10.3. The molecule has 0 aromatic heterocycles. The average molecular weight is 334 g/mol. The number of rotatable bonds is 8. The largest absolute Gasteiger partial charge is 0.494 e. The number of halogens is 1. The Balaban J connectivity index is 1.67. The summed E-state index contributed by atoms with van der Waals surface area (Å²) in [6.45, 7) is 2.67. The van der Waals surface area contributed by atoms with Gasteiger partial charge in [-0.1, -0.05) is 11.6 Å². The van der Waals surface area contributed by atoms with Gasteiger partial charge in [0.25, 0.3) is 0 Å². The number of benzene rings is 2. The van der Waals surface area contributed by atoms with E-state index < -0.39 is 0 Å². The van der Waals surface area contributed by atoms with Crippen LogP contribution in [0.1, 0.15) is 30.1 Å². The molecule has 0 atom stereocenters. The zero-order valence-corrected chi connectivity index (χ0v) is 13.8. The SMILES string of the molecule is CC(=O)c1ccc(OCCCCOc2ccc(Cl)cc2)c(N)c1. The number of hydrogen-bond donors (Lipinski definition) is 1. The number of nitrogen functional groups attached to an aromatic ring is 1. The average Bonchev–Trinajstić information content (AvgIpc) is 2.53. The van der Waals surface area contributed by atoms with Crippen molar-refractivity contribution in [2.45, 2.75) is 19.8 Å². The molecule has 0 unspecified atom stereocenters. The molecule has 0 saturated heterocycles. The first-order chi connectivity index (χ1) is 11.1. The van der Waals surface area contributed by atoms with Crippen LogP contribution in [0.15, 0.2) is 42.5 Å². The van der Waals surface area contributed by atoms with E-state index in [1.807, 2.05) is 12.1 Å². The summed E-state index contributed by atoms with van der Waals surface area (Å²) >= 11 is 5.81. The maximum absolute atomic E-state index is 11.3. The van der Waals surface area contributed by atoms with Gasteiger partial charge in [-0.15, -0.1) is 0 Å². The minimum absolute atomic E-state index is 0.0115. The molecule has 2 aromatic carbocycles. The lowest BCUT2D eigenvalue weighted by Gasteiger charge is -2.10. The molecular formula is C18H20ClNO3. The van der Waals surface area contributed by atoms with Crippen LogP contribution in [0.4, 0.5) is 5.69 Å². The molecule has 0 aliphatic carbocycles. The second-order valence-electron chi connectivity index (χ2n) is 5.17. The van der Waals surface area contributed by atoms with Crippen molar-refractivity contribution in [2.24, 2.45) is 0 Å². The van der Waals surface area contributed by atoms with Gasteiger partial charge < -0.3 is 15.2 Å². The minimum Gasteiger partial charge on any atom is -0.494 e. The van der Waals surface area contributed by atoms with Crippen LogP contribution in [-0.2, 0) is 0 Å². The number of ether oxygens (including phenoxy) is 2. The molecule has 0 bridgehead atoms. The molecule has 0 saturated carbocycles. The first-order valence-corrected chi connectivity index (χ1v) is 7.85. The summed E-state index contributed by atoms with van der Waals surface area (Å²) in [5.41, 5.74) is 6.95. The zero-order valence-electron chi connectivity index (χ0n) is 13.0. The molecule has 5 heteroatoms. The Labute approximate surface area is 141 Å². The molecule has 23 heavy (non-hydrogen) atoms. The lowest BCUT2D eigenvalue weighted by molar-refractivity contribution is 0.101. The first kappa shape index (κ1) is 17.2. The van der Waals surface area contributed by atoms with E-state index in [9.17, 15) is 4.79 Å². The first-order valence-electron chi connectivity index (χ1n) is 7.48. The smallest absolute Gasteiger partial charge is 0.159 e. The van der Waals surface area contributed by atoms with Crippen molar-refractivity contribution in [2.75, 3.05) is 18.9 Å². The van der Waals surface area contributed by atoms with Gasteiger partial charge in [-0.3, -0.25) is 4.79 Å². The van der Waals surface area contributed by atoms with Gasteiger partial charge in [0, 0.05) is 10.6 Å². The Morgan fingerprint density at radius 2 is 1.70 bits per heavy atom. The fraction of sp³-hybridized carbons (Fsp3) is 0.278. The molecule has 0 amide bonds. The minimum atomic E-state index is -0.0115. The molecule has 0 aliphatic heterocycles. The van der Waals surface area contributed by atoms with Crippen LogP contribution in [0.25, 0.3) is 0 Å². The predicted octanol–water partition coefficient (Wildman–Crippen LogP) is 4.36. The van der Waals surface area contributed by atoms with Gasteiger partial charge in [0.15, 0.2) is 5.78 Å². The number of anilines is 1. The van der Waals surface area contributed by atoms with E-state index in [0.717, 1.165) is 18.6 Å². The Morgan fingerprint density at radius 3 is 2.30 bits per heavy atom. The molecule has 122 valence electrons. The third-order valence-corrected chi connectivity index (χ3v) is 3.55. The Bertz CT molecular complexity index is 656. The summed E-state index contributed by atoms with van der Waals surface area (Å²) < 4.78 is 11.2. The summed E-state index contributed by atoms with van der Waals surface area (Å²) in [6, 6.07) is 12.4. The van der Waals surface area contributed by atoms with Crippen LogP contribution in [-0.4, -0.2) is 19.0 Å². The van der Waals surface area contributed by atoms with E-state index in [2.05, 4.69) is 0 Å². The molecule has 2 aromatic rings. The van der Waals surface area contributed by atoms with Crippen LogP contribution in [0, 0.1) is 0 Å². The number of Topliss-reactive ketones (excluding diaryl/α,β-unsaturated/α-hetero) is 1. The lowest BCUT2D eigenvalue weighted by atomic mass is 10.1. The number of ketones is 1. The fourth-order valence-corrected chi connectivity index (χ4v) is 2.13. The standard InChI is InChI=1S/C18H20ClNO3/c1-13(21)14-4-9-18(17(20)12-14)23-11-3-2-10-22-16-7-5-15(19)6-8-16/h4-9,12H,2-3,10-11,20H2,1H3. The van der Waals surface area contributed by atoms with E-state index in [-0.39, 0.29) is 5.78 Å². The van der Waals surface area contributed by atoms with Crippen molar-refractivity contribution >= 4 is 23.1 Å². The van der Waals surface area contributed by atoms with Crippen molar-refractivity contribution in [1.29, 1.82) is 0 Å². The number of hydrogen-bond acceptors (Lipinski definition) is 4. The Morgan fingerprint density at radius 1 is 1.04 bits per heavy atom. The highest BCUT2D eigenvalue weighted by Gasteiger charge is 2.05. The van der Waals surface area contributed by atoms with Crippen LogP contribution >= 0.6 is 11.6 Å². The van der Waals surface area contributed by atoms with E-state index in [1.54, 1.807) is 30.3 Å². The van der Waals surface area contributed by atoms with Gasteiger partial charge in [-0.25, -0.2) is 0 Å². The summed E-state index contributed by atoms with van der Waals surface area (Å²) in [5, 5.41) is 0.694. The highest BCUT2D eigenvalue weighted by atomic mass is 35.5. The monoisotopic (exact) mass is 333 g/mol. The van der Waals surface area contributed by atoms with Gasteiger partial charge in [0.05, 0.1) is 18.9 Å². The van der Waals surface area contributed by atoms with Gasteiger partial charge in [-0.05, 0) is 62.2 Å². The third-order valence-electron chi connectivity index (χ3n) is 3.29. The van der Waals surface area contributed by atoms with Gasteiger partial charge in [0.2, 0.25) is 0 Å². The second-order valence-corrected chi connectivity index (χ2v) is 5.60. The predicted molar refractivity (Wildman–Crippen MR) is 92.5 cm³/mol. The molecule has 0 spiro atoms. The van der Waals surface area contributed by atoms with E-state index in [0.29, 0.717) is 35.2 Å². The van der Waals surface area contributed by atoms with Crippen molar-refractivity contribution in [1.82, 2.24) is 0 Å². The molecule has 0 radical (unpaired) electrons. The van der Waals surface area contributed by atoms with Crippen molar-refractivity contribution in [3.05, 3.63) is 53.1 Å². The van der Waals surface area contributed by atoms with E-state index >= 15 is 0 Å². The maximum Gasteiger partial charge on any atom is 0.159 e. The molecular weight excluding hydrogens is 314 g/mol. The van der Waals surface area contributed by atoms with Crippen molar-refractivity contribution < 1.29 is 14.3 Å². The molecule has 0 aliphatic rings. The number of carbonyl (C=O) groups excluding carboxylic acids is 1. The Hall–Kier alpha value is -2.20. The van der Waals surface area contributed by atoms with Crippen LogP contribution in [0.2, 0.25) is 5.02 Å². The van der Waals surface area contributed by atoms with E-state index in [4.69, 9.17) is 26.8 Å². The second kappa shape index (κ2) is 8.44. The van der Waals surface area contributed by atoms with Crippen LogP contribution in [0.5, 0.6) is 11.5 Å². The van der Waals surface area contributed by atoms with E-state index in [1.165, 1.54) is 6.92 Å². The Kier molecular flexibility index (Phi) is 6.29. The highest BCUT2D eigenvalue weighted by Crippen LogP contribution is 2.23. The lowest BCUT2D eigenvalue weighted by Crippen LogP contribution is -2.04. The molecule has 0 fully saturated rings. The number of nitrogens with two attached hydrogens (primary N) is 1. The summed E-state index contributed by atoms with van der Waals surface area (Å²) in [6.07, 6.45) is 1.72. The summed E-state index contributed by atoms with van der Waals surface area (Å²) in [4.78, 5) is 11.3. The van der Waals surface area contributed by atoms with Crippen molar-refractivity contribution in [3.8, 4) is 11.5 Å². The van der Waals surface area contributed by atoms with Crippen LogP contribution in [0.3, 0.4) is 0 Å². The quantitative estimate of drug-likeness (QED) is 0.443. The molecule has 4 nitrogen and oxygen atoms in total. The summed E-state index contributed by atoms with van der Waals surface area (Å²) in [5.74, 6) is 1.40. The summed E-state index contributed by atoms with van der Waals surface area (Å²) in [7, 11) is 0. The fourth-order valence-electron chi connectivity index (χ4n) is 2.01. The highest BCUT2D eigenvalue weighted by molar-refractivity contribution is 6.30. The van der Waals surface area contributed by atoms with Gasteiger partial charge in [-0.2, -0.15) is 0 Å². The van der Waals surface area contributed by atoms with Crippen LogP contribution < -0.4 is 15.2 Å². The molecule has 2 rings (SSSR count). The van der Waals surface area contributed by atoms with Gasteiger partial charge >= 0.3 is 0 Å². The number of unbranched alkanes of at least 4 members (excludes halogenated alkanes) is 1. The zero-order chi connectivity index (χ0) is 16.7. The number of carbonyl (C=O) groups is 1. The molecule has 0 heterocycles. The topological polar surface area (TPSA) is 61.5 Å². The molecule has 2 N–H and O–H groups in total.